The van der Waals surface area contributed by atoms with Gasteiger partial charge in [0.15, 0.2) is 0 Å². The van der Waals surface area contributed by atoms with Gasteiger partial charge in [-0.3, -0.25) is 4.57 Å². The number of aromatic nitrogens is 2. The van der Waals surface area contributed by atoms with Crippen molar-refractivity contribution in [3.8, 4) is 5.69 Å². The first-order valence-corrected chi connectivity index (χ1v) is 6.73. The molecule has 4 heteroatoms. The minimum atomic E-state index is -0.300. The topological polar surface area (TPSA) is 17.8 Å². The second-order valence-electron chi connectivity index (χ2n) is 4.75. The van der Waals surface area contributed by atoms with Gasteiger partial charge in [-0.2, -0.15) is 0 Å². The van der Waals surface area contributed by atoms with Gasteiger partial charge in [-0.25, -0.2) is 9.37 Å². The van der Waals surface area contributed by atoms with Crippen LogP contribution in [0.3, 0.4) is 0 Å². The fourth-order valence-corrected chi connectivity index (χ4v) is 2.76. The fourth-order valence-electron chi connectivity index (χ4n) is 2.37. The van der Waals surface area contributed by atoms with Crippen LogP contribution in [0.4, 0.5) is 4.39 Å². The zero-order valence-electron chi connectivity index (χ0n) is 11.2. The molecule has 0 aliphatic heterocycles. The number of rotatable bonds is 1. The van der Waals surface area contributed by atoms with Gasteiger partial charge in [0.25, 0.3) is 0 Å². The minimum absolute atomic E-state index is 0.300. The highest BCUT2D eigenvalue weighted by molar-refractivity contribution is 7.71. The Morgan fingerprint density at radius 2 is 1.85 bits per heavy atom. The van der Waals surface area contributed by atoms with E-state index >= 15 is 0 Å². The quantitative estimate of drug-likeness (QED) is 0.612. The maximum absolute atomic E-state index is 13.4. The Bertz CT molecular complexity index is 868. The van der Waals surface area contributed by atoms with E-state index < -0.39 is 0 Å². The number of hydrogen-bond acceptors (Lipinski definition) is 2. The molecule has 0 bridgehead atoms. The minimum Gasteiger partial charge on any atom is -0.288 e. The molecule has 0 aliphatic rings. The third-order valence-corrected chi connectivity index (χ3v) is 3.76. The maximum atomic E-state index is 13.4. The van der Waals surface area contributed by atoms with Crippen LogP contribution in [0, 0.1) is 24.3 Å². The van der Waals surface area contributed by atoms with Crippen LogP contribution in [0.5, 0.6) is 0 Å². The van der Waals surface area contributed by atoms with Gasteiger partial charge < -0.3 is 0 Å². The molecule has 3 rings (SSSR count). The van der Waals surface area contributed by atoms with E-state index in [9.17, 15) is 4.39 Å². The van der Waals surface area contributed by atoms with E-state index in [0.717, 1.165) is 22.6 Å². The van der Waals surface area contributed by atoms with Gasteiger partial charge in [-0.15, -0.1) is 0 Å². The molecule has 0 spiro atoms. The Labute approximate surface area is 121 Å². The molecule has 2 nitrogen and oxygen atoms in total. The molecule has 0 fully saturated rings. The van der Waals surface area contributed by atoms with Crippen molar-refractivity contribution in [2.75, 3.05) is 0 Å². The molecule has 0 saturated carbocycles. The van der Waals surface area contributed by atoms with Crippen LogP contribution < -0.4 is 0 Å². The van der Waals surface area contributed by atoms with Gasteiger partial charge in [0.2, 0.25) is 0 Å². The number of para-hydroxylation sites is 1. The number of halogens is 1. The monoisotopic (exact) mass is 284 g/mol. The van der Waals surface area contributed by atoms with Gasteiger partial charge >= 0.3 is 0 Å². The second-order valence-corrected chi connectivity index (χ2v) is 5.13. The molecule has 0 saturated heterocycles. The van der Waals surface area contributed by atoms with Crippen LogP contribution in [0.2, 0.25) is 0 Å². The average molecular weight is 284 g/mol. The van der Waals surface area contributed by atoms with E-state index in [2.05, 4.69) is 4.98 Å². The third kappa shape index (κ3) is 2.02. The SMILES string of the molecule is Cc1ccccc1-n1c(C)nc2ccc(F)cc2c1=S. The van der Waals surface area contributed by atoms with Crippen LogP contribution in [0.25, 0.3) is 16.6 Å². The van der Waals surface area contributed by atoms with Crippen LogP contribution in [-0.4, -0.2) is 9.55 Å². The molecule has 0 radical (unpaired) electrons. The van der Waals surface area contributed by atoms with Crippen LogP contribution in [-0.2, 0) is 0 Å². The van der Waals surface area contributed by atoms with E-state index in [0.29, 0.717) is 10.0 Å². The first-order chi connectivity index (χ1) is 9.58. The highest BCUT2D eigenvalue weighted by Crippen LogP contribution is 2.22. The predicted molar refractivity (Wildman–Crippen MR) is 81.3 cm³/mol. The van der Waals surface area contributed by atoms with Crippen molar-refractivity contribution < 1.29 is 4.39 Å². The largest absolute Gasteiger partial charge is 0.288 e. The summed E-state index contributed by atoms with van der Waals surface area (Å²) in [5.41, 5.74) is 2.80. The standard InChI is InChI=1S/C16H13FN2S/c1-10-5-3-4-6-15(10)19-11(2)18-14-8-7-12(17)9-13(14)16(19)20/h3-9H,1-2H3. The molecule has 2 aromatic carbocycles. The molecular formula is C16H13FN2S. The van der Waals surface area contributed by atoms with E-state index in [1.54, 1.807) is 6.07 Å². The Kier molecular flexibility index (Phi) is 3.10. The molecular weight excluding hydrogens is 271 g/mol. The molecule has 0 atom stereocenters. The second kappa shape index (κ2) is 4.80. The van der Waals surface area contributed by atoms with Crippen LogP contribution in [0.1, 0.15) is 11.4 Å². The highest BCUT2D eigenvalue weighted by atomic mass is 32.1. The Morgan fingerprint density at radius 3 is 2.60 bits per heavy atom. The van der Waals surface area contributed by atoms with Crippen molar-refractivity contribution in [1.82, 2.24) is 9.55 Å². The molecule has 1 aromatic heterocycles. The number of fused-ring (bicyclic) bond motifs is 1. The Hall–Kier alpha value is -2.07. The lowest BCUT2D eigenvalue weighted by molar-refractivity contribution is 0.629. The smallest absolute Gasteiger partial charge is 0.124 e. The Balaban J connectivity index is 2.43. The molecule has 20 heavy (non-hydrogen) atoms. The van der Waals surface area contributed by atoms with Crippen molar-refractivity contribution in [3.05, 3.63) is 64.3 Å². The van der Waals surface area contributed by atoms with Gasteiger partial charge in [-0.1, -0.05) is 30.4 Å². The third-order valence-electron chi connectivity index (χ3n) is 3.35. The summed E-state index contributed by atoms with van der Waals surface area (Å²) in [5.74, 6) is 0.494. The summed E-state index contributed by atoms with van der Waals surface area (Å²) in [6, 6.07) is 12.5. The van der Waals surface area contributed by atoms with Crippen molar-refractivity contribution in [3.63, 3.8) is 0 Å². The maximum Gasteiger partial charge on any atom is 0.124 e. The summed E-state index contributed by atoms with van der Waals surface area (Å²) >= 11 is 5.54. The van der Waals surface area contributed by atoms with Gasteiger partial charge in [-0.05, 0) is 43.7 Å². The number of nitrogens with zero attached hydrogens (tertiary/aromatic N) is 2. The number of benzene rings is 2. The van der Waals surface area contributed by atoms with E-state index in [1.165, 1.54) is 12.1 Å². The van der Waals surface area contributed by atoms with Gasteiger partial charge in [0.1, 0.15) is 16.3 Å². The molecule has 1 heterocycles. The molecule has 100 valence electrons. The van der Waals surface area contributed by atoms with Gasteiger partial charge in [0, 0.05) is 5.39 Å². The molecule has 0 aliphatic carbocycles. The lowest BCUT2D eigenvalue weighted by Crippen LogP contribution is -2.06. The molecule has 0 unspecified atom stereocenters. The summed E-state index contributed by atoms with van der Waals surface area (Å²) in [7, 11) is 0. The van der Waals surface area contributed by atoms with Crippen molar-refractivity contribution >= 4 is 23.1 Å². The lowest BCUT2D eigenvalue weighted by Gasteiger charge is -2.14. The van der Waals surface area contributed by atoms with Crippen LogP contribution >= 0.6 is 12.2 Å². The predicted octanol–water partition coefficient (Wildman–Crippen LogP) is 4.51. The molecule has 0 N–H and O–H groups in total. The summed E-state index contributed by atoms with van der Waals surface area (Å²) in [5, 5.41) is 0.661. The normalized spacial score (nSPS) is 10.9. The first-order valence-electron chi connectivity index (χ1n) is 6.33. The first kappa shape index (κ1) is 12.9. The van der Waals surface area contributed by atoms with E-state index in [1.807, 2.05) is 42.7 Å². The molecule has 0 amide bonds. The summed E-state index contributed by atoms with van der Waals surface area (Å²) in [6.07, 6.45) is 0. The lowest BCUT2D eigenvalue weighted by atomic mass is 10.2. The van der Waals surface area contributed by atoms with Crippen molar-refractivity contribution in [2.24, 2.45) is 0 Å². The zero-order valence-corrected chi connectivity index (χ0v) is 12.0. The summed E-state index contributed by atoms with van der Waals surface area (Å²) < 4.78 is 15.9. The number of aryl methyl sites for hydroxylation is 2. The van der Waals surface area contributed by atoms with Gasteiger partial charge in [0.05, 0.1) is 11.2 Å². The highest BCUT2D eigenvalue weighted by Gasteiger charge is 2.09. The van der Waals surface area contributed by atoms with E-state index in [4.69, 9.17) is 12.2 Å². The van der Waals surface area contributed by atoms with E-state index in [-0.39, 0.29) is 5.82 Å². The summed E-state index contributed by atoms with van der Waals surface area (Å²) in [4.78, 5) is 4.52. The van der Waals surface area contributed by atoms with Crippen LogP contribution in [0.15, 0.2) is 42.5 Å². The summed E-state index contributed by atoms with van der Waals surface area (Å²) in [6.45, 7) is 3.93. The van der Waals surface area contributed by atoms with Crippen molar-refractivity contribution in [1.29, 1.82) is 0 Å². The average Bonchev–Trinajstić information content (AvgIpc) is 2.42. The van der Waals surface area contributed by atoms with Crippen molar-refractivity contribution in [2.45, 2.75) is 13.8 Å². The molecule has 3 aromatic rings. The fraction of sp³-hybridized carbons (Fsp3) is 0.125. The zero-order chi connectivity index (χ0) is 14.3. The Morgan fingerprint density at radius 1 is 1.10 bits per heavy atom. The number of hydrogen-bond donors (Lipinski definition) is 0.